The highest BCUT2D eigenvalue weighted by molar-refractivity contribution is 5.50. The number of aliphatic hydroxyl groups is 1. The lowest BCUT2D eigenvalue weighted by Crippen LogP contribution is -2.52. The second-order valence-electron chi connectivity index (χ2n) is 4.49. The van der Waals surface area contributed by atoms with E-state index in [0.717, 1.165) is 11.4 Å². The number of pyridine rings is 1. The fourth-order valence-electron chi connectivity index (χ4n) is 2.14. The number of hydrogen-bond acceptors (Lipinski definition) is 4. The van der Waals surface area contributed by atoms with E-state index in [4.69, 9.17) is 5.73 Å². The van der Waals surface area contributed by atoms with Gasteiger partial charge in [0.2, 0.25) is 0 Å². The Kier molecular flexibility index (Phi) is 2.40. The van der Waals surface area contributed by atoms with Crippen LogP contribution in [0, 0.1) is 0 Å². The number of rotatable bonds is 2. The topological polar surface area (TPSA) is 62.4 Å². The van der Waals surface area contributed by atoms with Crippen molar-refractivity contribution in [3.63, 3.8) is 0 Å². The van der Waals surface area contributed by atoms with Crippen LogP contribution in [0.3, 0.4) is 0 Å². The maximum absolute atomic E-state index is 9.36. The van der Waals surface area contributed by atoms with E-state index in [0.29, 0.717) is 12.8 Å². The highest BCUT2D eigenvalue weighted by atomic mass is 16.3. The summed E-state index contributed by atoms with van der Waals surface area (Å²) < 4.78 is 0. The SMILES string of the molecule is CN(C)c1ncccc1C1(N)CC(O)C1. The van der Waals surface area contributed by atoms with Gasteiger partial charge in [-0.15, -0.1) is 0 Å². The number of anilines is 1. The molecule has 4 nitrogen and oxygen atoms in total. The zero-order valence-electron chi connectivity index (χ0n) is 9.14. The van der Waals surface area contributed by atoms with Crippen LogP contribution in [-0.4, -0.2) is 30.3 Å². The Balaban J connectivity index is 2.36. The molecule has 4 heteroatoms. The largest absolute Gasteiger partial charge is 0.393 e. The number of nitrogens with zero attached hydrogens (tertiary/aromatic N) is 2. The Labute approximate surface area is 89.7 Å². The molecule has 0 aliphatic heterocycles. The molecule has 0 unspecified atom stereocenters. The highest BCUT2D eigenvalue weighted by Gasteiger charge is 2.43. The molecule has 1 heterocycles. The van der Waals surface area contributed by atoms with Crippen LogP contribution in [0.15, 0.2) is 18.3 Å². The van der Waals surface area contributed by atoms with Crippen LogP contribution in [0.1, 0.15) is 18.4 Å². The molecular weight excluding hydrogens is 190 g/mol. The van der Waals surface area contributed by atoms with Gasteiger partial charge in [-0.05, 0) is 18.9 Å². The number of aromatic nitrogens is 1. The molecule has 1 aliphatic rings. The zero-order valence-corrected chi connectivity index (χ0v) is 9.14. The third kappa shape index (κ3) is 1.70. The summed E-state index contributed by atoms with van der Waals surface area (Å²) in [6, 6.07) is 3.88. The quantitative estimate of drug-likeness (QED) is 0.739. The molecule has 0 amide bonds. The maximum Gasteiger partial charge on any atom is 0.133 e. The Hall–Kier alpha value is -1.13. The lowest BCUT2D eigenvalue weighted by atomic mass is 9.70. The molecule has 0 saturated heterocycles. The predicted octanol–water partition coefficient (Wildman–Crippen LogP) is 0.456. The first-order valence-electron chi connectivity index (χ1n) is 5.13. The lowest BCUT2D eigenvalue weighted by Gasteiger charge is -2.43. The van der Waals surface area contributed by atoms with Crippen molar-refractivity contribution in [2.75, 3.05) is 19.0 Å². The molecule has 0 atom stereocenters. The molecule has 1 fully saturated rings. The molecule has 3 N–H and O–H groups in total. The van der Waals surface area contributed by atoms with Crippen LogP contribution in [-0.2, 0) is 5.54 Å². The van der Waals surface area contributed by atoms with Gasteiger partial charge in [0.15, 0.2) is 0 Å². The normalized spacial score (nSPS) is 29.7. The van der Waals surface area contributed by atoms with E-state index in [1.807, 2.05) is 31.1 Å². The van der Waals surface area contributed by atoms with Gasteiger partial charge in [-0.25, -0.2) is 4.98 Å². The van der Waals surface area contributed by atoms with Crippen LogP contribution >= 0.6 is 0 Å². The van der Waals surface area contributed by atoms with Gasteiger partial charge < -0.3 is 15.7 Å². The second-order valence-corrected chi connectivity index (χ2v) is 4.49. The van der Waals surface area contributed by atoms with E-state index in [9.17, 15) is 5.11 Å². The fraction of sp³-hybridized carbons (Fsp3) is 0.545. The van der Waals surface area contributed by atoms with Gasteiger partial charge in [0.25, 0.3) is 0 Å². The number of aliphatic hydroxyl groups excluding tert-OH is 1. The van der Waals surface area contributed by atoms with Crippen LogP contribution in [0.4, 0.5) is 5.82 Å². The molecule has 1 saturated carbocycles. The predicted molar refractivity (Wildman–Crippen MR) is 59.7 cm³/mol. The molecule has 15 heavy (non-hydrogen) atoms. The van der Waals surface area contributed by atoms with E-state index in [-0.39, 0.29) is 6.10 Å². The van der Waals surface area contributed by atoms with Crippen molar-refractivity contribution < 1.29 is 5.11 Å². The lowest BCUT2D eigenvalue weighted by molar-refractivity contribution is 0.0210. The van der Waals surface area contributed by atoms with Crippen molar-refractivity contribution >= 4 is 5.82 Å². The summed E-state index contributed by atoms with van der Waals surface area (Å²) in [5.74, 6) is 0.895. The van der Waals surface area contributed by atoms with Gasteiger partial charge in [-0.2, -0.15) is 0 Å². The zero-order chi connectivity index (χ0) is 11.1. The average molecular weight is 207 g/mol. The fourth-order valence-corrected chi connectivity index (χ4v) is 2.14. The van der Waals surface area contributed by atoms with E-state index >= 15 is 0 Å². The van der Waals surface area contributed by atoms with Gasteiger partial charge in [0.1, 0.15) is 5.82 Å². The van der Waals surface area contributed by atoms with E-state index in [1.54, 1.807) is 6.20 Å². The standard InChI is InChI=1S/C11H17N3O/c1-14(2)10-9(4-3-5-13-10)11(12)6-8(15)7-11/h3-5,8,15H,6-7,12H2,1-2H3. The second kappa shape index (κ2) is 3.47. The molecule has 1 aromatic heterocycles. The van der Waals surface area contributed by atoms with Crippen molar-refractivity contribution in [2.45, 2.75) is 24.5 Å². The third-order valence-corrected chi connectivity index (χ3v) is 2.95. The van der Waals surface area contributed by atoms with Crippen molar-refractivity contribution in [1.82, 2.24) is 4.98 Å². The molecule has 0 aromatic carbocycles. The van der Waals surface area contributed by atoms with Gasteiger partial charge in [-0.3, -0.25) is 0 Å². The van der Waals surface area contributed by atoms with E-state index in [2.05, 4.69) is 4.98 Å². The molecule has 0 bridgehead atoms. The minimum absolute atomic E-state index is 0.259. The van der Waals surface area contributed by atoms with Gasteiger partial charge in [0, 0.05) is 31.4 Å². The third-order valence-electron chi connectivity index (χ3n) is 2.95. The minimum Gasteiger partial charge on any atom is -0.393 e. The number of hydrogen-bond donors (Lipinski definition) is 2. The first-order valence-corrected chi connectivity index (χ1v) is 5.13. The van der Waals surface area contributed by atoms with Crippen LogP contribution in [0.2, 0.25) is 0 Å². The van der Waals surface area contributed by atoms with Gasteiger partial charge in [0.05, 0.1) is 6.10 Å². The smallest absolute Gasteiger partial charge is 0.133 e. The summed E-state index contributed by atoms with van der Waals surface area (Å²) in [6.07, 6.45) is 2.75. The summed E-state index contributed by atoms with van der Waals surface area (Å²) >= 11 is 0. The highest BCUT2D eigenvalue weighted by Crippen LogP contribution is 2.41. The van der Waals surface area contributed by atoms with Gasteiger partial charge in [-0.1, -0.05) is 6.07 Å². The Morgan fingerprint density at radius 2 is 2.20 bits per heavy atom. The average Bonchev–Trinajstić information content (AvgIpc) is 2.15. The summed E-state index contributed by atoms with van der Waals surface area (Å²) in [5, 5.41) is 9.36. The molecular formula is C11H17N3O. The maximum atomic E-state index is 9.36. The van der Waals surface area contributed by atoms with Crippen molar-refractivity contribution in [2.24, 2.45) is 5.73 Å². The van der Waals surface area contributed by atoms with Crippen LogP contribution in [0.5, 0.6) is 0 Å². The first-order chi connectivity index (χ1) is 7.03. The molecule has 0 radical (unpaired) electrons. The minimum atomic E-state index is -0.396. The van der Waals surface area contributed by atoms with Crippen molar-refractivity contribution in [3.05, 3.63) is 23.9 Å². The van der Waals surface area contributed by atoms with Gasteiger partial charge >= 0.3 is 0 Å². The summed E-state index contributed by atoms with van der Waals surface area (Å²) in [7, 11) is 3.90. The van der Waals surface area contributed by atoms with Crippen LogP contribution in [0.25, 0.3) is 0 Å². The van der Waals surface area contributed by atoms with Crippen molar-refractivity contribution in [3.8, 4) is 0 Å². The summed E-state index contributed by atoms with van der Waals surface area (Å²) in [5.41, 5.74) is 6.86. The molecule has 82 valence electrons. The Morgan fingerprint density at radius 1 is 1.53 bits per heavy atom. The van der Waals surface area contributed by atoms with E-state index < -0.39 is 5.54 Å². The molecule has 1 aliphatic carbocycles. The monoisotopic (exact) mass is 207 g/mol. The van der Waals surface area contributed by atoms with E-state index in [1.165, 1.54) is 0 Å². The number of nitrogens with two attached hydrogens (primary N) is 1. The molecule has 1 aromatic rings. The summed E-state index contributed by atoms with van der Waals surface area (Å²) in [6.45, 7) is 0. The molecule has 0 spiro atoms. The van der Waals surface area contributed by atoms with Crippen molar-refractivity contribution in [1.29, 1.82) is 0 Å². The Bertz CT molecular complexity index is 359. The Morgan fingerprint density at radius 3 is 2.73 bits per heavy atom. The first kappa shape index (κ1) is 10.4. The summed E-state index contributed by atoms with van der Waals surface area (Å²) in [4.78, 5) is 6.27. The molecule has 2 rings (SSSR count). The van der Waals surface area contributed by atoms with Crippen LogP contribution < -0.4 is 10.6 Å².